The van der Waals surface area contributed by atoms with E-state index in [1.165, 1.54) is 22.7 Å². The van der Waals surface area contributed by atoms with Crippen LogP contribution in [0.25, 0.3) is 22.4 Å². The first-order valence-corrected chi connectivity index (χ1v) is 11.4. The molecule has 11 heteroatoms. The highest BCUT2D eigenvalue weighted by molar-refractivity contribution is 7.15. The first kappa shape index (κ1) is 23.1. The largest absolute Gasteiger partial charge is 0.486 e. The van der Waals surface area contributed by atoms with E-state index in [0.29, 0.717) is 21.1 Å². The maximum Gasteiger partial charge on any atom is 0.416 e. The third kappa shape index (κ3) is 4.80. The van der Waals surface area contributed by atoms with Gasteiger partial charge >= 0.3 is 6.18 Å². The van der Waals surface area contributed by atoms with Crippen molar-refractivity contribution in [1.82, 2.24) is 14.6 Å². The molecule has 0 fully saturated rings. The Morgan fingerprint density at radius 2 is 1.91 bits per heavy atom. The summed E-state index contributed by atoms with van der Waals surface area (Å²) in [6.07, 6.45) is -3.03. The summed E-state index contributed by atoms with van der Waals surface area (Å²) in [5.74, 6) is 1.45. The molecule has 0 amide bonds. The van der Waals surface area contributed by atoms with Crippen molar-refractivity contribution in [2.24, 2.45) is 0 Å². The lowest BCUT2D eigenvalue weighted by Gasteiger charge is -2.09. The Hall–Kier alpha value is -3.63. The van der Waals surface area contributed by atoms with Gasteiger partial charge < -0.3 is 9.15 Å². The first-order chi connectivity index (χ1) is 16.7. The van der Waals surface area contributed by atoms with E-state index < -0.39 is 17.3 Å². The van der Waals surface area contributed by atoms with Gasteiger partial charge in [-0.05, 0) is 49.4 Å². The molecule has 0 unspecified atom stereocenters. The maximum absolute atomic E-state index is 13.1. The number of fused-ring (bicyclic) bond motifs is 1. The number of hydrogen-bond acceptors (Lipinski definition) is 6. The van der Waals surface area contributed by atoms with Crippen LogP contribution >= 0.6 is 22.9 Å². The van der Waals surface area contributed by atoms with Crippen LogP contribution in [0.1, 0.15) is 22.7 Å². The zero-order chi connectivity index (χ0) is 24.7. The SMILES string of the molecule is Cc1ccc(OCc2nc3s/c(=C\c4ccc(-c5cc(C(F)(F)F)ccc5Cl)o4)c(=O)n3n2)cc1. The molecule has 0 aliphatic carbocycles. The van der Waals surface area contributed by atoms with Crippen molar-refractivity contribution in [3.05, 3.63) is 97.2 Å². The van der Waals surface area contributed by atoms with Crippen LogP contribution in [-0.2, 0) is 12.8 Å². The predicted molar refractivity (Wildman–Crippen MR) is 126 cm³/mol. The van der Waals surface area contributed by atoms with Crippen LogP contribution < -0.4 is 14.8 Å². The van der Waals surface area contributed by atoms with Gasteiger partial charge in [0.25, 0.3) is 5.56 Å². The van der Waals surface area contributed by atoms with E-state index in [1.807, 2.05) is 31.2 Å². The highest BCUT2D eigenvalue weighted by Gasteiger charge is 2.31. The van der Waals surface area contributed by atoms with E-state index in [1.54, 1.807) is 6.07 Å². The van der Waals surface area contributed by atoms with Crippen LogP contribution in [0.3, 0.4) is 0 Å². The summed E-state index contributed by atoms with van der Waals surface area (Å²) in [6.45, 7) is 2.08. The number of aryl methyl sites for hydroxylation is 1. The van der Waals surface area contributed by atoms with Crippen LogP contribution in [0.4, 0.5) is 13.2 Å². The topological polar surface area (TPSA) is 69.6 Å². The summed E-state index contributed by atoms with van der Waals surface area (Å²) in [7, 11) is 0. The van der Waals surface area contributed by atoms with Crippen molar-refractivity contribution >= 4 is 34.0 Å². The summed E-state index contributed by atoms with van der Waals surface area (Å²) in [5, 5.41) is 4.32. The third-order valence-electron chi connectivity index (χ3n) is 5.07. The van der Waals surface area contributed by atoms with Crippen molar-refractivity contribution in [3.8, 4) is 17.1 Å². The van der Waals surface area contributed by atoms with Crippen LogP contribution in [0.15, 0.2) is 63.8 Å². The number of rotatable bonds is 5. The molecular formula is C24H15ClF3N3O3S. The monoisotopic (exact) mass is 517 g/mol. The molecule has 3 aromatic heterocycles. The first-order valence-electron chi connectivity index (χ1n) is 10.2. The van der Waals surface area contributed by atoms with Gasteiger partial charge in [0.05, 0.1) is 10.6 Å². The minimum atomic E-state index is -4.51. The zero-order valence-corrected chi connectivity index (χ0v) is 19.5. The zero-order valence-electron chi connectivity index (χ0n) is 18.0. The van der Waals surface area contributed by atoms with Crippen molar-refractivity contribution in [3.63, 3.8) is 0 Å². The second-order valence-corrected chi connectivity index (χ2v) is 9.05. The minimum absolute atomic E-state index is 0.101. The molecule has 0 aliphatic rings. The third-order valence-corrected chi connectivity index (χ3v) is 6.36. The average Bonchev–Trinajstić information content (AvgIpc) is 3.50. The van der Waals surface area contributed by atoms with E-state index in [9.17, 15) is 18.0 Å². The summed E-state index contributed by atoms with van der Waals surface area (Å²) >= 11 is 7.19. The summed E-state index contributed by atoms with van der Waals surface area (Å²) in [4.78, 5) is 17.5. The van der Waals surface area contributed by atoms with Crippen molar-refractivity contribution < 1.29 is 22.3 Å². The molecule has 35 heavy (non-hydrogen) atoms. The predicted octanol–water partition coefficient (Wildman–Crippen LogP) is 5.52. The Kier molecular flexibility index (Phi) is 5.86. The fourth-order valence-corrected chi connectivity index (χ4v) is 4.43. The highest BCUT2D eigenvalue weighted by atomic mass is 35.5. The number of aromatic nitrogens is 3. The lowest BCUT2D eigenvalue weighted by molar-refractivity contribution is -0.137. The Labute approximate surface area is 204 Å². The van der Waals surface area contributed by atoms with Gasteiger partial charge in [-0.15, -0.1) is 5.10 Å². The molecule has 0 atom stereocenters. The van der Waals surface area contributed by atoms with Gasteiger partial charge in [-0.2, -0.15) is 22.7 Å². The molecule has 0 N–H and O–H groups in total. The molecule has 178 valence electrons. The van der Waals surface area contributed by atoms with Crippen molar-refractivity contribution in [2.45, 2.75) is 19.7 Å². The molecule has 5 rings (SSSR count). The Bertz CT molecular complexity index is 1640. The number of nitrogens with zero attached hydrogens (tertiary/aromatic N) is 3. The standard InChI is InChI=1S/C24H15ClF3N3O3S/c1-13-2-5-15(6-3-13)33-12-21-29-23-31(30-21)22(32)20(35-23)11-16-7-9-19(34-16)17-10-14(24(26,27)28)4-8-18(17)25/h2-11H,12H2,1H3/b20-11-. The molecule has 0 bridgehead atoms. The maximum atomic E-state index is 13.1. The summed E-state index contributed by atoms with van der Waals surface area (Å²) < 4.78 is 52.0. The van der Waals surface area contributed by atoms with Crippen molar-refractivity contribution in [1.29, 1.82) is 0 Å². The normalized spacial score (nSPS) is 12.5. The fourth-order valence-electron chi connectivity index (χ4n) is 3.31. The van der Waals surface area contributed by atoms with E-state index in [4.69, 9.17) is 20.8 Å². The van der Waals surface area contributed by atoms with Crippen LogP contribution in [0.5, 0.6) is 5.75 Å². The van der Waals surface area contributed by atoms with Gasteiger partial charge in [0.15, 0.2) is 5.82 Å². The smallest absolute Gasteiger partial charge is 0.416 e. The van der Waals surface area contributed by atoms with E-state index in [2.05, 4.69) is 10.1 Å². The average molecular weight is 518 g/mol. The number of hydrogen-bond donors (Lipinski definition) is 0. The fraction of sp³-hybridized carbons (Fsp3) is 0.125. The van der Waals surface area contributed by atoms with E-state index in [0.717, 1.165) is 29.0 Å². The number of thiazole rings is 1. The molecule has 0 spiro atoms. The highest BCUT2D eigenvalue weighted by Crippen LogP contribution is 2.36. The van der Waals surface area contributed by atoms with Crippen LogP contribution in [0, 0.1) is 6.92 Å². The van der Waals surface area contributed by atoms with Gasteiger partial charge in [0.1, 0.15) is 28.4 Å². The van der Waals surface area contributed by atoms with Gasteiger partial charge in [-0.25, -0.2) is 0 Å². The van der Waals surface area contributed by atoms with Gasteiger partial charge in [0, 0.05) is 11.6 Å². The Balaban J connectivity index is 1.39. The molecule has 0 saturated heterocycles. The van der Waals surface area contributed by atoms with E-state index in [-0.39, 0.29) is 28.7 Å². The number of benzene rings is 2. The molecule has 3 heterocycles. The molecule has 2 aromatic carbocycles. The molecular weight excluding hydrogens is 503 g/mol. The van der Waals surface area contributed by atoms with Gasteiger partial charge in [0.2, 0.25) is 4.96 Å². The molecule has 0 aliphatic heterocycles. The molecule has 0 radical (unpaired) electrons. The number of ether oxygens (including phenoxy) is 1. The Morgan fingerprint density at radius 3 is 2.63 bits per heavy atom. The second kappa shape index (κ2) is 8.86. The molecule has 5 aromatic rings. The molecule has 0 saturated carbocycles. The van der Waals surface area contributed by atoms with Crippen LogP contribution in [-0.4, -0.2) is 14.6 Å². The second-order valence-electron chi connectivity index (χ2n) is 7.63. The van der Waals surface area contributed by atoms with Crippen molar-refractivity contribution in [2.75, 3.05) is 0 Å². The quantitative estimate of drug-likeness (QED) is 0.307. The molecule has 6 nitrogen and oxygen atoms in total. The van der Waals surface area contributed by atoms with Crippen LogP contribution in [0.2, 0.25) is 5.02 Å². The van der Waals surface area contributed by atoms with Gasteiger partial charge in [-0.1, -0.05) is 40.6 Å². The Morgan fingerprint density at radius 1 is 1.14 bits per heavy atom. The van der Waals surface area contributed by atoms with Gasteiger partial charge in [-0.3, -0.25) is 4.79 Å². The lowest BCUT2D eigenvalue weighted by Crippen LogP contribution is -2.23. The summed E-state index contributed by atoms with van der Waals surface area (Å²) in [6, 6.07) is 13.6. The summed E-state index contributed by atoms with van der Waals surface area (Å²) in [5.41, 5.74) is -0.0220. The number of alkyl halides is 3. The number of furan rings is 1. The lowest BCUT2D eigenvalue weighted by atomic mass is 10.1. The van der Waals surface area contributed by atoms with E-state index >= 15 is 0 Å². The number of halogens is 4. The minimum Gasteiger partial charge on any atom is -0.486 e.